The lowest BCUT2D eigenvalue weighted by molar-refractivity contribution is -0.137. The topological polar surface area (TPSA) is 55.1 Å². The standard InChI is InChI=1S/C7H9ClN2O2/c1-10-5(8)4-9-6(10)2-3-7(11)12/h4H,2-3H2,1H3,(H,11,12). The maximum Gasteiger partial charge on any atom is 0.303 e. The number of rotatable bonds is 3. The van der Waals surface area contributed by atoms with Gasteiger partial charge in [0.1, 0.15) is 11.0 Å². The first-order valence-corrected chi connectivity index (χ1v) is 3.87. The normalized spacial score (nSPS) is 10.2. The second-order valence-electron chi connectivity index (χ2n) is 2.45. The van der Waals surface area contributed by atoms with Crippen molar-refractivity contribution in [2.45, 2.75) is 12.8 Å². The van der Waals surface area contributed by atoms with Crippen LogP contribution in [-0.2, 0) is 18.3 Å². The third kappa shape index (κ3) is 1.98. The van der Waals surface area contributed by atoms with Gasteiger partial charge in [-0.2, -0.15) is 0 Å². The van der Waals surface area contributed by atoms with Gasteiger partial charge in [0.15, 0.2) is 0 Å². The maximum atomic E-state index is 10.2. The van der Waals surface area contributed by atoms with E-state index < -0.39 is 5.97 Å². The summed E-state index contributed by atoms with van der Waals surface area (Å²) in [5.41, 5.74) is 0. The lowest BCUT2D eigenvalue weighted by Gasteiger charge is -1.99. The van der Waals surface area contributed by atoms with Crippen LogP contribution in [0, 0.1) is 0 Å². The molecule has 0 aliphatic rings. The van der Waals surface area contributed by atoms with Crippen LogP contribution in [0.25, 0.3) is 0 Å². The Morgan fingerprint density at radius 1 is 1.83 bits per heavy atom. The van der Waals surface area contributed by atoms with Gasteiger partial charge in [0, 0.05) is 13.5 Å². The van der Waals surface area contributed by atoms with E-state index in [-0.39, 0.29) is 6.42 Å². The number of hydrogen-bond donors (Lipinski definition) is 1. The molecule has 0 spiro atoms. The minimum absolute atomic E-state index is 0.0845. The highest BCUT2D eigenvalue weighted by Crippen LogP contribution is 2.10. The molecule has 1 aromatic rings. The summed E-state index contributed by atoms with van der Waals surface area (Å²) in [7, 11) is 1.76. The molecule has 1 rings (SSSR count). The molecule has 1 N–H and O–H groups in total. The molecule has 0 aliphatic heterocycles. The summed E-state index contributed by atoms with van der Waals surface area (Å²) in [6.07, 6.45) is 2.01. The van der Waals surface area contributed by atoms with Crippen LogP contribution >= 0.6 is 11.6 Å². The van der Waals surface area contributed by atoms with Gasteiger partial charge in [0.2, 0.25) is 0 Å². The first-order chi connectivity index (χ1) is 5.61. The quantitative estimate of drug-likeness (QED) is 0.773. The van der Waals surface area contributed by atoms with Crippen LogP contribution in [0.2, 0.25) is 5.15 Å². The van der Waals surface area contributed by atoms with E-state index in [1.54, 1.807) is 11.6 Å². The van der Waals surface area contributed by atoms with Gasteiger partial charge < -0.3 is 9.67 Å². The fourth-order valence-electron chi connectivity index (χ4n) is 0.875. The lowest BCUT2D eigenvalue weighted by Crippen LogP contribution is -2.03. The van der Waals surface area contributed by atoms with Crippen LogP contribution in [0.15, 0.2) is 6.20 Å². The molecule has 0 saturated carbocycles. The van der Waals surface area contributed by atoms with Crippen LogP contribution in [0.4, 0.5) is 0 Å². The Bertz CT molecular complexity index is 296. The van der Waals surface area contributed by atoms with E-state index in [1.807, 2.05) is 0 Å². The van der Waals surface area contributed by atoms with Crippen LogP contribution in [0.1, 0.15) is 12.2 Å². The second kappa shape index (κ2) is 3.58. The lowest BCUT2D eigenvalue weighted by atomic mass is 10.3. The van der Waals surface area contributed by atoms with Crippen LogP contribution in [0.3, 0.4) is 0 Å². The van der Waals surface area contributed by atoms with Gasteiger partial charge in [-0.05, 0) is 0 Å². The van der Waals surface area contributed by atoms with Crippen molar-refractivity contribution in [3.8, 4) is 0 Å². The minimum Gasteiger partial charge on any atom is -0.481 e. The third-order valence-electron chi connectivity index (χ3n) is 1.59. The van der Waals surface area contributed by atoms with E-state index in [2.05, 4.69) is 4.98 Å². The van der Waals surface area contributed by atoms with Crippen LogP contribution < -0.4 is 0 Å². The summed E-state index contributed by atoms with van der Waals surface area (Å²) in [6, 6.07) is 0. The van der Waals surface area contributed by atoms with Crippen molar-refractivity contribution in [3.05, 3.63) is 17.2 Å². The fraction of sp³-hybridized carbons (Fsp3) is 0.429. The highest BCUT2D eigenvalue weighted by atomic mass is 35.5. The molecule has 0 unspecified atom stereocenters. The van der Waals surface area contributed by atoms with Crippen molar-refractivity contribution in [3.63, 3.8) is 0 Å². The molecule has 0 atom stereocenters. The maximum absolute atomic E-state index is 10.2. The Labute approximate surface area is 74.8 Å². The van der Waals surface area contributed by atoms with Gasteiger partial charge in [0.05, 0.1) is 12.6 Å². The Kier molecular flexibility index (Phi) is 2.70. The highest BCUT2D eigenvalue weighted by Gasteiger charge is 2.05. The predicted octanol–water partition coefficient (Wildman–Crippen LogP) is 1.09. The van der Waals surface area contributed by atoms with E-state index in [0.29, 0.717) is 17.4 Å². The van der Waals surface area contributed by atoms with Crippen LogP contribution in [0.5, 0.6) is 0 Å². The molecule has 5 heteroatoms. The molecule has 0 aliphatic carbocycles. The summed E-state index contributed by atoms with van der Waals surface area (Å²) in [5.74, 6) is -0.128. The number of aromatic nitrogens is 2. The first-order valence-electron chi connectivity index (χ1n) is 3.49. The smallest absolute Gasteiger partial charge is 0.303 e. The summed E-state index contributed by atoms with van der Waals surface area (Å²) in [4.78, 5) is 14.2. The van der Waals surface area contributed by atoms with E-state index in [4.69, 9.17) is 16.7 Å². The van der Waals surface area contributed by atoms with Crippen molar-refractivity contribution < 1.29 is 9.90 Å². The first kappa shape index (κ1) is 9.06. The molecule has 1 aromatic heterocycles. The number of nitrogens with zero attached hydrogens (tertiary/aromatic N) is 2. The van der Waals surface area contributed by atoms with E-state index in [1.165, 1.54) is 6.20 Å². The van der Waals surface area contributed by atoms with Gasteiger partial charge in [-0.1, -0.05) is 11.6 Å². The molecule has 0 bridgehead atoms. The molecule has 0 fully saturated rings. The predicted molar refractivity (Wildman–Crippen MR) is 44.2 cm³/mol. The zero-order chi connectivity index (χ0) is 9.14. The minimum atomic E-state index is -0.825. The van der Waals surface area contributed by atoms with Gasteiger partial charge >= 0.3 is 5.97 Å². The Balaban J connectivity index is 2.63. The molecule has 0 radical (unpaired) electrons. The Morgan fingerprint density at radius 3 is 2.92 bits per heavy atom. The number of carbonyl (C=O) groups is 1. The SMILES string of the molecule is Cn1c(Cl)cnc1CCC(=O)O. The molecule has 4 nitrogen and oxygen atoms in total. The van der Waals surface area contributed by atoms with Gasteiger partial charge in [-0.25, -0.2) is 4.98 Å². The largest absolute Gasteiger partial charge is 0.481 e. The number of hydrogen-bond acceptors (Lipinski definition) is 2. The molecule has 0 saturated heterocycles. The van der Waals surface area contributed by atoms with Gasteiger partial charge in [0.25, 0.3) is 0 Å². The fourth-order valence-corrected chi connectivity index (χ4v) is 1.02. The van der Waals surface area contributed by atoms with Gasteiger partial charge in [-0.3, -0.25) is 4.79 Å². The molecular weight excluding hydrogens is 180 g/mol. The highest BCUT2D eigenvalue weighted by molar-refractivity contribution is 6.29. The summed E-state index contributed by atoms with van der Waals surface area (Å²) in [6.45, 7) is 0. The molecule has 1 heterocycles. The Morgan fingerprint density at radius 2 is 2.50 bits per heavy atom. The number of carboxylic acids is 1. The average Bonchev–Trinajstić information content (AvgIpc) is 2.30. The molecule has 66 valence electrons. The number of carboxylic acid groups (broad SMARTS) is 1. The van der Waals surface area contributed by atoms with Crippen LogP contribution in [-0.4, -0.2) is 20.6 Å². The van der Waals surface area contributed by atoms with Crippen molar-refractivity contribution >= 4 is 17.6 Å². The molecule has 0 aromatic carbocycles. The zero-order valence-corrected chi connectivity index (χ0v) is 7.38. The van der Waals surface area contributed by atoms with Crippen molar-refractivity contribution in [2.75, 3.05) is 0 Å². The summed E-state index contributed by atoms with van der Waals surface area (Å²) in [5, 5.41) is 8.93. The number of halogens is 1. The van der Waals surface area contributed by atoms with Crippen molar-refractivity contribution in [2.24, 2.45) is 7.05 Å². The number of aryl methyl sites for hydroxylation is 1. The molecular formula is C7H9ClN2O2. The van der Waals surface area contributed by atoms with E-state index in [9.17, 15) is 4.79 Å². The number of aliphatic carboxylic acids is 1. The molecule has 12 heavy (non-hydrogen) atoms. The van der Waals surface area contributed by atoms with Gasteiger partial charge in [-0.15, -0.1) is 0 Å². The Hall–Kier alpha value is -1.03. The second-order valence-corrected chi connectivity index (χ2v) is 2.84. The summed E-state index contributed by atoms with van der Waals surface area (Å²) >= 11 is 5.70. The third-order valence-corrected chi connectivity index (χ3v) is 1.94. The van der Waals surface area contributed by atoms with Crippen molar-refractivity contribution in [1.82, 2.24) is 9.55 Å². The molecule has 0 amide bonds. The summed E-state index contributed by atoms with van der Waals surface area (Å²) < 4.78 is 1.67. The average molecular weight is 189 g/mol. The zero-order valence-electron chi connectivity index (χ0n) is 6.62. The van der Waals surface area contributed by atoms with E-state index >= 15 is 0 Å². The van der Waals surface area contributed by atoms with Crippen molar-refractivity contribution in [1.29, 1.82) is 0 Å². The van der Waals surface area contributed by atoms with E-state index in [0.717, 1.165) is 0 Å². The monoisotopic (exact) mass is 188 g/mol. The number of imidazole rings is 1.